The van der Waals surface area contributed by atoms with Crippen LogP contribution in [-0.2, 0) is 10.0 Å². The van der Waals surface area contributed by atoms with Gasteiger partial charge in [-0.2, -0.15) is 4.31 Å². The van der Waals surface area contributed by atoms with Gasteiger partial charge in [0.2, 0.25) is 10.0 Å². The van der Waals surface area contributed by atoms with E-state index < -0.39 is 15.9 Å². The zero-order valence-electron chi connectivity index (χ0n) is 17.8. The molecule has 1 aromatic heterocycles. The Balaban J connectivity index is 1.53. The van der Waals surface area contributed by atoms with Crippen molar-refractivity contribution in [1.82, 2.24) is 9.46 Å². The monoisotopic (exact) mass is 473 g/mol. The Hall–Kier alpha value is -2.68. The van der Waals surface area contributed by atoms with Crippen LogP contribution >= 0.6 is 11.6 Å². The Morgan fingerprint density at radius 2 is 1.78 bits per heavy atom. The predicted molar refractivity (Wildman–Crippen MR) is 123 cm³/mol. The van der Waals surface area contributed by atoms with Gasteiger partial charge in [-0.15, -0.1) is 0 Å². The number of carbonyl (C=O) groups is 1. The summed E-state index contributed by atoms with van der Waals surface area (Å²) < 4.78 is 32.6. The second kappa shape index (κ2) is 9.05. The van der Waals surface area contributed by atoms with Crippen LogP contribution in [0.25, 0.3) is 11.3 Å². The summed E-state index contributed by atoms with van der Waals surface area (Å²) in [5.41, 5.74) is 1.68. The van der Waals surface area contributed by atoms with E-state index in [1.54, 1.807) is 43.3 Å². The largest absolute Gasteiger partial charge is 0.360 e. The number of rotatable bonds is 5. The van der Waals surface area contributed by atoms with Gasteiger partial charge >= 0.3 is 0 Å². The number of piperidine rings is 1. The summed E-state index contributed by atoms with van der Waals surface area (Å²) in [7, 11) is -3.55. The Labute approximate surface area is 192 Å². The number of nitrogens with one attached hydrogen (secondary N) is 1. The molecule has 0 spiro atoms. The molecule has 0 radical (unpaired) electrons. The predicted octanol–water partition coefficient (Wildman–Crippen LogP) is 4.98. The van der Waals surface area contributed by atoms with E-state index in [1.807, 2.05) is 0 Å². The second-order valence-corrected chi connectivity index (χ2v) is 10.4. The maximum absolute atomic E-state index is 13.0. The van der Waals surface area contributed by atoms with E-state index in [0.717, 1.165) is 12.8 Å². The van der Waals surface area contributed by atoms with Gasteiger partial charge in [0.1, 0.15) is 17.0 Å². The molecular formula is C23H24ClN3O4S. The molecule has 1 aliphatic rings. The molecule has 9 heteroatoms. The van der Waals surface area contributed by atoms with Gasteiger partial charge in [-0.05, 0) is 56.0 Å². The van der Waals surface area contributed by atoms with Gasteiger partial charge in [0.05, 0.1) is 9.92 Å². The van der Waals surface area contributed by atoms with E-state index in [1.165, 1.54) is 16.4 Å². The summed E-state index contributed by atoms with van der Waals surface area (Å²) in [6, 6.07) is 13.2. The van der Waals surface area contributed by atoms with Gasteiger partial charge in [-0.25, -0.2) is 8.42 Å². The molecule has 1 aliphatic heterocycles. The second-order valence-electron chi connectivity index (χ2n) is 8.01. The molecule has 1 amide bonds. The number of aryl methyl sites for hydroxylation is 1. The van der Waals surface area contributed by atoms with Crippen molar-refractivity contribution in [3.05, 3.63) is 64.9 Å². The smallest absolute Gasteiger partial charge is 0.261 e. The van der Waals surface area contributed by atoms with Crippen LogP contribution in [0.5, 0.6) is 0 Å². The number of hydrogen-bond donors (Lipinski definition) is 1. The van der Waals surface area contributed by atoms with E-state index in [4.69, 9.17) is 16.1 Å². The molecule has 0 aliphatic carbocycles. The maximum atomic E-state index is 13.0. The van der Waals surface area contributed by atoms with Crippen LogP contribution in [0.4, 0.5) is 5.69 Å². The van der Waals surface area contributed by atoms with E-state index in [9.17, 15) is 13.2 Å². The number of anilines is 1. The van der Waals surface area contributed by atoms with E-state index >= 15 is 0 Å². The SMILES string of the molecule is Cc1onc(-c2ccccc2Cl)c1C(=O)Nc1ccc(S(=O)(=O)N2CCC(C)CC2)cc1. The number of nitrogens with zero attached hydrogens (tertiary/aromatic N) is 2. The molecule has 4 rings (SSSR count). The highest BCUT2D eigenvalue weighted by atomic mass is 35.5. The molecule has 3 aromatic rings. The molecule has 0 atom stereocenters. The zero-order valence-corrected chi connectivity index (χ0v) is 19.4. The Morgan fingerprint density at radius 3 is 2.44 bits per heavy atom. The molecule has 2 aromatic carbocycles. The molecule has 168 valence electrons. The quantitative estimate of drug-likeness (QED) is 0.564. The van der Waals surface area contributed by atoms with Crippen molar-refractivity contribution in [1.29, 1.82) is 0 Å². The Morgan fingerprint density at radius 1 is 1.12 bits per heavy atom. The first-order valence-electron chi connectivity index (χ1n) is 10.4. The lowest BCUT2D eigenvalue weighted by molar-refractivity contribution is 0.102. The van der Waals surface area contributed by atoms with Crippen molar-refractivity contribution in [2.24, 2.45) is 5.92 Å². The maximum Gasteiger partial charge on any atom is 0.261 e. The van der Waals surface area contributed by atoms with Crippen molar-refractivity contribution < 1.29 is 17.7 Å². The molecule has 1 N–H and O–H groups in total. The number of benzene rings is 2. The average molecular weight is 474 g/mol. The average Bonchev–Trinajstić information content (AvgIpc) is 3.16. The van der Waals surface area contributed by atoms with Gasteiger partial charge in [-0.1, -0.05) is 41.9 Å². The zero-order chi connectivity index (χ0) is 22.9. The van der Waals surface area contributed by atoms with Gasteiger partial charge in [0.15, 0.2) is 0 Å². The van der Waals surface area contributed by atoms with Crippen LogP contribution in [0.3, 0.4) is 0 Å². The summed E-state index contributed by atoms with van der Waals surface area (Å²) >= 11 is 6.26. The number of amides is 1. The van der Waals surface area contributed by atoms with Crippen LogP contribution in [-0.4, -0.2) is 36.9 Å². The molecule has 1 saturated heterocycles. The van der Waals surface area contributed by atoms with E-state index in [-0.39, 0.29) is 10.5 Å². The third kappa shape index (κ3) is 4.44. The highest BCUT2D eigenvalue weighted by molar-refractivity contribution is 7.89. The molecule has 7 nitrogen and oxygen atoms in total. The fraction of sp³-hybridized carbons (Fsp3) is 0.304. The van der Waals surface area contributed by atoms with Crippen LogP contribution in [0.1, 0.15) is 35.9 Å². The third-order valence-corrected chi connectivity index (χ3v) is 7.95. The van der Waals surface area contributed by atoms with Gasteiger partial charge in [-0.3, -0.25) is 4.79 Å². The van der Waals surface area contributed by atoms with E-state index in [2.05, 4.69) is 17.4 Å². The van der Waals surface area contributed by atoms with Crippen molar-refractivity contribution in [2.45, 2.75) is 31.6 Å². The number of sulfonamides is 1. The number of hydrogen-bond acceptors (Lipinski definition) is 5. The summed E-state index contributed by atoms with van der Waals surface area (Å²) in [6.07, 6.45) is 1.72. The van der Waals surface area contributed by atoms with Crippen molar-refractivity contribution in [3.8, 4) is 11.3 Å². The lowest BCUT2D eigenvalue weighted by atomic mass is 10.0. The molecule has 0 unspecified atom stereocenters. The van der Waals surface area contributed by atoms with Gasteiger partial charge in [0, 0.05) is 24.3 Å². The van der Waals surface area contributed by atoms with Crippen LogP contribution in [0, 0.1) is 12.8 Å². The Bertz CT molecular complexity index is 1230. The lowest BCUT2D eigenvalue weighted by Gasteiger charge is -2.29. The minimum absolute atomic E-state index is 0.211. The van der Waals surface area contributed by atoms with Crippen molar-refractivity contribution >= 4 is 33.2 Å². The van der Waals surface area contributed by atoms with Crippen molar-refractivity contribution in [3.63, 3.8) is 0 Å². The third-order valence-electron chi connectivity index (χ3n) is 5.71. The molecular weight excluding hydrogens is 450 g/mol. The highest BCUT2D eigenvalue weighted by Crippen LogP contribution is 2.31. The summed E-state index contributed by atoms with van der Waals surface area (Å²) in [6.45, 7) is 4.84. The van der Waals surface area contributed by atoms with Gasteiger partial charge in [0.25, 0.3) is 5.91 Å². The standard InChI is InChI=1S/C23H24ClN3O4S/c1-15-11-13-27(14-12-15)32(29,30)18-9-7-17(8-10-18)25-23(28)21-16(2)31-26-22(21)19-5-3-4-6-20(19)24/h3-10,15H,11-14H2,1-2H3,(H,25,28). The lowest BCUT2D eigenvalue weighted by Crippen LogP contribution is -2.37. The fourth-order valence-corrected chi connectivity index (χ4v) is 5.45. The minimum atomic E-state index is -3.55. The number of halogens is 1. The summed E-state index contributed by atoms with van der Waals surface area (Å²) in [5, 5.41) is 7.25. The van der Waals surface area contributed by atoms with E-state index in [0.29, 0.717) is 46.7 Å². The van der Waals surface area contributed by atoms with Crippen LogP contribution < -0.4 is 5.32 Å². The Kier molecular flexibility index (Phi) is 6.37. The molecule has 32 heavy (non-hydrogen) atoms. The number of carbonyl (C=O) groups excluding carboxylic acids is 1. The van der Waals surface area contributed by atoms with Crippen LogP contribution in [0.2, 0.25) is 5.02 Å². The topological polar surface area (TPSA) is 92.5 Å². The normalized spacial score (nSPS) is 15.6. The van der Waals surface area contributed by atoms with Gasteiger partial charge < -0.3 is 9.84 Å². The number of aromatic nitrogens is 1. The molecule has 0 saturated carbocycles. The van der Waals surface area contributed by atoms with Crippen LogP contribution in [0.15, 0.2) is 57.9 Å². The summed E-state index contributed by atoms with van der Waals surface area (Å²) in [4.78, 5) is 13.2. The highest BCUT2D eigenvalue weighted by Gasteiger charge is 2.28. The fourth-order valence-electron chi connectivity index (χ4n) is 3.75. The first-order chi connectivity index (χ1) is 15.3. The van der Waals surface area contributed by atoms with Crippen molar-refractivity contribution in [2.75, 3.05) is 18.4 Å². The first-order valence-corrected chi connectivity index (χ1v) is 12.2. The molecule has 1 fully saturated rings. The summed E-state index contributed by atoms with van der Waals surface area (Å²) in [5.74, 6) is 0.478. The minimum Gasteiger partial charge on any atom is -0.360 e. The molecule has 0 bridgehead atoms. The molecule has 2 heterocycles. The first kappa shape index (κ1) is 22.5.